The fraction of sp³-hybridized carbons (Fsp3) is 0.312. The van der Waals surface area contributed by atoms with E-state index in [9.17, 15) is 4.39 Å². The zero-order valence-electron chi connectivity index (χ0n) is 13.1. The first-order valence-corrected chi connectivity index (χ1v) is 8.28. The Bertz CT molecular complexity index is 809. The molecule has 0 aliphatic heterocycles. The average molecular weight is 333 g/mol. The van der Waals surface area contributed by atoms with Crippen LogP contribution in [0.1, 0.15) is 28.5 Å². The average Bonchev–Trinajstić information content (AvgIpc) is 3.12. The van der Waals surface area contributed by atoms with Gasteiger partial charge in [-0.1, -0.05) is 22.4 Å². The van der Waals surface area contributed by atoms with Gasteiger partial charge in [-0.2, -0.15) is 4.98 Å². The van der Waals surface area contributed by atoms with Gasteiger partial charge in [0.15, 0.2) is 0 Å². The van der Waals surface area contributed by atoms with Gasteiger partial charge >= 0.3 is 0 Å². The number of benzene rings is 1. The molecular weight excluding hydrogens is 317 g/mol. The molecule has 0 aliphatic rings. The zero-order chi connectivity index (χ0) is 16.4. The van der Waals surface area contributed by atoms with Crippen molar-refractivity contribution in [3.63, 3.8) is 0 Å². The molecule has 0 fully saturated rings. The predicted molar refractivity (Wildman–Crippen MR) is 85.4 cm³/mol. The minimum absolute atomic E-state index is 0.276. The van der Waals surface area contributed by atoms with Gasteiger partial charge in [-0.25, -0.2) is 4.39 Å². The van der Waals surface area contributed by atoms with Crippen LogP contribution in [0.2, 0.25) is 0 Å². The van der Waals surface area contributed by atoms with Crippen LogP contribution in [-0.2, 0) is 11.5 Å². The molecule has 1 aromatic carbocycles. The highest BCUT2D eigenvalue weighted by Crippen LogP contribution is 2.24. The fourth-order valence-electron chi connectivity index (χ4n) is 2.11. The molecule has 3 aromatic rings. The summed E-state index contributed by atoms with van der Waals surface area (Å²) in [5.74, 6) is 2.80. The first-order chi connectivity index (χ1) is 11.0. The lowest BCUT2D eigenvalue weighted by atomic mass is 10.1. The lowest BCUT2D eigenvalue weighted by Crippen LogP contribution is -1.88. The standard InChI is InChI=1S/C16H16FN3O2S/c1-9-4-5-12(6-14(9)17)16-18-15(22-20-16)8-23-7-13-10(2)19-21-11(13)3/h4-6H,7-8H2,1-3H3. The van der Waals surface area contributed by atoms with Crippen LogP contribution in [0.25, 0.3) is 11.4 Å². The van der Waals surface area contributed by atoms with Crippen molar-refractivity contribution < 1.29 is 13.4 Å². The van der Waals surface area contributed by atoms with E-state index >= 15 is 0 Å². The fourth-order valence-corrected chi connectivity index (χ4v) is 3.12. The highest BCUT2D eigenvalue weighted by molar-refractivity contribution is 7.97. The Hall–Kier alpha value is -2.15. The van der Waals surface area contributed by atoms with E-state index in [1.54, 1.807) is 30.8 Å². The van der Waals surface area contributed by atoms with Crippen molar-refractivity contribution in [3.05, 3.63) is 52.5 Å². The summed E-state index contributed by atoms with van der Waals surface area (Å²) >= 11 is 1.64. The van der Waals surface area contributed by atoms with E-state index in [-0.39, 0.29) is 5.82 Å². The molecule has 0 atom stereocenters. The molecule has 0 bridgehead atoms. The highest BCUT2D eigenvalue weighted by atomic mass is 32.2. The van der Waals surface area contributed by atoms with Crippen LogP contribution in [0.3, 0.4) is 0 Å². The van der Waals surface area contributed by atoms with Gasteiger partial charge in [0.1, 0.15) is 11.6 Å². The van der Waals surface area contributed by atoms with E-state index in [4.69, 9.17) is 9.05 Å². The van der Waals surface area contributed by atoms with Crippen LogP contribution >= 0.6 is 11.8 Å². The molecule has 23 heavy (non-hydrogen) atoms. The van der Waals surface area contributed by atoms with E-state index in [1.807, 2.05) is 13.8 Å². The van der Waals surface area contributed by atoms with Gasteiger partial charge in [0.2, 0.25) is 11.7 Å². The van der Waals surface area contributed by atoms with Crippen molar-refractivity contribution in [2.45, 2.75) is 32.3 Å². The van der Waals surface area contributed by atoms with Crippen molar-refractivity contribution in [3.8, 4) is 11.4 Å². The number of nitrogens with zero attached hydrogens (tertiary/aromatic N) is 3. The molecule has 0 N–H and O–H groups in total. The Kier molecular flexibility index (Phi) is 4.47. The first kappa shape index (κ1) is 15.7. The molecule has 0 spiro atoms. The largest absolute Gasteiger partial charge is 0.361 e. The van der Waals surface area contributed by atoms with Crippen molar-refractivity contribution in [2.24, 2.45) is 0 Å². The normalized spacial score (nSPS) is 11.1. The smallest absolute Gasteiger partial charge is 0.236 e. The summed E-state index contributed by atoms with van der Waals surface area (Å²) in [7, 11) is 0. The summed E-state index contributed by atoms with van der Waals surface area (Å²) in [6, 6.07) is 4.90. The molecule has 3 rings (SSSR count). The van der Waals surface area contributed by atoms with E-state index in [1.165, 1.54) is 6.07 Å². The summed E-state index contributed by atoms with van der Waals surface area (Å²) in [5, 5.41) is 7.84. The number of aryl methyl sites for hydroxylation is 3. The van der Waals surface area contributed by atoms with Gasteiger partial charge in [0.25, 0.3) is 0 Å². The Morgan fingerprint density at radius 2 is 1.91 bits per heavy atom. The maximum absolute atomic E-state index is 13.6. The molecule has 0 unspecified atom stereocenters. The molecule has 7 heteroatoms. The number of hydrogen-bond acceptors (Lipinski definition) is 6. The molecule has 0 radical (unpaired) electrons. The Labute approximate surface area is 137 Å². The van der Waals surface area contributed by atoms with Crippen LogP contribution in [0.4, 0.5) is 4.39 Å². The molecule has 5 nitrogen and oxygen atoms in total. The van der Waals surface area contributed by atoms with E-state index in [0.29, 0.717) is 28.6 Å². The van der Waals surface area contributed by atoms with Gasteiger partial charge in [0.05, 0.1) is 11.4 Å². The molecule has 0 amide bonds. The highest BCUT2D eigenvalue weighted by Gasteiger charge is 2.12. The van der Waals surface area contributed by atoms with Crippen LogP contribution in [0.5, 0.6) is 0 Å². The number of rotatable bonds is 5. The van der Waals surface area contributed by atoms with E-state index in [2.05, 4.69) is 15.3 Å². The van der Waals surface area contributed by atoms with Gasteiger partial charge in [-0.05, 0) is 32.4 Å². The third kappa shape index (κ3) is 3.44. The van der Waals surface area contributed by atoms with E-state index < -0.39 is 0 Å². The second-order valence-electron chi connectivity index (χ2n) is 5.27. The van der Waals surface area contributed by atoms with Crippen LogP contribution in [-0.4, -0.2) is 15.3 Å². The lowest BCUT2D eigenvalue weighted by molar-refractivity contribution is 0.391. The zero-order valence-corrected chi connectivity index (χ0v) is 13.9. The molecule has 2 heterocycles. The second-order valence-corrected chi connectivity index (χ2v) is 6.26. The summed E-state index contributed by atoms with van der Waals surface area (Å²) in [6.07, 6.45) is 0. The minimum atomic E-state index is -0.276. The second kappa shape index (κ2) is 6.54. The van der Waals surface area contributed by atoms with Crippen LogP contribution in [0, 0.1) is 26.6 Å². The molecule has 0 aliphatic carbocycles. The van der Waals surface area contributed by atoms with Crippen LogP contribution < -0.4 is 0 Å². The third-order valence-electron chi connectivity index (χ3n) is 3.55. The molecule has 120 valence electrons. The molecule has 0 saturated carbocycles. The summed E-state index contributed by atoms with van der Waals surface area (Å²) in [4.78, 5) is 4.31. The number of thioether (sulfide) groups is 1. The van der Waals surface area contributed by atoms with Crippen LogP contribution in [0.15, 0.2) is 27.2 Å². The quantitative estimate of drug-likeness (QED) is 0.696. The lowest BCUT2D eigenvalue weighted by Gasteiger charge is -1.98. The Balaban J connectivity index is 1.64. The predicted octanol–water partition coefficient (Wildman–Crippen LogP) is 4.22. The Morgan fingerprint density at radius 1 is 1.09 bits per heavy atom. The number of aromatic nitrogens is 3. The number of hydrogen-bond donors (Lipinski definition) is 0. The number of halogens is 1. The van der Waals surface area contributed by atoms with Gasteiger partial charge in [-0.15, -0.1) is 11.8 Å². The third-order valence-corrected chi connectivity index (χ3v) is 4.50. The van der Waals surface area contributed by atoms with Crippen molar-refractivity contribution in [1.29, 1.82) is 0 Å². The van der Waals surface area contributed by atoms with Crippen molar-refractivity contribution in [1.82, 2.24) is 15.3 Å². The maximum atomic E-state index is 13.6. The maximum Gasteiger partial charge on any atom is 0.236 e. The monoisotopic (exact) mass is 333 g/mol. The topological polar surface area (TPSA) is 65.0 Å². The molecule has 0 saturated heterocycles. The minimum Gasteiger partial charge on any atom is -0.361 e. The Morgan fingerprint density at radius 3 is 2.61 bits per heavy atom. The summed E-state index contributed by atoms with van der Waals surface area (Å²) < 4.78 is 24.0. The SMILES string of the molecule is Cc1ccc(-c2noc(CSCc3c(C)noc3C)n2)cc1F. The molecule has 2 aromatic heterocycles. The van der Waals surface area contributed by atoms with Crippen molar-refractivity contribution >= 4 is 11.8 Å². The molecular formula is C16H16FN3O2S. The van der Waals surface area contributed by atoms with Gasteiger partial charge in [0, 0.05) is 16.9 Å². The summed E-state index contributed by atoms with van der Waals surface area (Å²) in [6.45, 7) is 5.53. The van der Waals surface area contributed by atoms with Crippen molar-refractivity contribution in [2.75, 3.05) is 0 Å². The van der Waals surface area contributed by atoms with Gasteiger partial charge in [-0.3, -0.25) is 0 Å². The van der Waals surface area contributed by atoms with Gasteiger partial charge < -0.3 is 9.05 Å². The summed E-state index contributed by atoms with van der Waals surface area (Å²) in [5.41, 5.74) is 3.19. The first-order valence-electron chi connectivity index (χ1n) is 7.13. The van der Waals surface area contributed by atoms with E-state index in [0.717, 1.165) is 22.8 Å².